The van der Waals surface area contributed by atoms with Crippen molar-refractivity contribution in [2.75, 3.05) is 6.54 Å². The highest BCUT2D eigenvalue weighted by atomic mass is 127. The van der Waals surface area contributed by atoms with Gasteiger partial charge in [0.2, 0.25) is 0 Å². The van der Waals surface area contributed by atoms with E-state index < -0.39 is 11.6 Å². The second-order valence-electron chi connectivity index (χ2n) is 5.49. The summed E-state index contributed by atoms with van der Waals surface area (Å²) in [5.74, 6) is -0.611. The van der Waals surface area contributed by atoms with Crippen LogP contribution in [0.4, 0.5) is 8.78 Å². The molecular weight excluding hydrogens is 437 g/mol. The van der Waals surface area contributed by atoms with Gasteiger partial charge in [-0.05, 0) is 38.5 Å². The molecule has 1 aromatic heterocycles. The first-order chi connectivity index (χ1) is 11.5. The summed E-state index contributed by atoms with van der Waals surface area (Å²) in [6.45, 7) is 6.82. The summed E-state index contributed by atoms with van der Waals surface area (Å²) in [6, 6.07) is 7.08. The molecule has 25 heavy (non-hydrogen) atoms. The molecule has 0 saturated heterocycles. The van der Waals surface area contributed by atoms with Crippen LogP contribution in [0.25, 0.3) is 0 Å². The smallest absolute Gasteiger partial charge is 0.192 e. The Morgan fingerprint density at radius 1 is 1.28 bits per heavy atom. The molecule has 0 radical (unpaired) electrons. The van der Waals surface area contributed by atoms with Crippen molar-refractivity contribution in [2.24, 2.45) is 4.99 Å². The molecule has 0 aliphatic heterocycles. The average Bonchev–Trinajstić information content (AvgIpc) is 2.54. The van der Waals surface area contributed by atoms with Crippen LogP contribution < -0.4 is 10.6 Å². The topological polar surface area (TPSA) is 49.3 Å². The van der Waals surface area contributed by atoms with Gasteiger partial charge in [0.15, 0.2) is 5.96 Å². The first-order valence-corrected chi connectivity index (χ1v) is 7.91. The van der Waals surface area contributed by atoms with Gasteiger partial charge in [-0.1, -0.05) is 12.1 Å². The zero-order valence-electron chi connectivity index (χ0n) is 14.5. The minimum atomic E-state index is -0.588. The fourth-order valence-electron chi connectivity index (χ4n) is 2.29. The molecule has 1 heterocycles. The van der Waals surface area contributed by atoms with Crippen LogP contribution in [0, 0.1) is 18.6 Å². The lowest BCUT2D eigenvalue weighted by atomic mass is 10.1. The van der Waals surface area contributed by atoms with Crippen molar-refractivity contribution in [1.82, 2.24) is 15.6 Å². The Kier molecular flexibility index (Phi) is 8.74. The van der Waals surface area contributed by atoms with E-state index in [1.54, 1.807) is 13.1 Å². The van der Waals surface area contributed by atoms with Gasteiger partial charge in [-0.15, -0.1) is 24.0 Å². The fraction of sp³-hybridized carbons (Fsp3) is 0.333. The Hall–Kier alpha value is -1.77. The number of hydrogen-bond donors (Lipinski definition) is 2. The summed E-state index contributed by atoms with van der Waals surface area (Å²) in [5.41, 5.74) is 2.33. The maximum atomic E-state index is 13.9. The van der Waals surface area contributed by atoms with Gasteiger partial charge in [0.25, 0.3) is 0 Å². The van der Waals surface area contributed by atoms with Crippen LogP contribution in [-0.4, -0.2) is 17.5 Å². The molecule has 1 aromatic carbocycles. The number of pyridine rings is 1. The largest absolute Gasteiger partial charge is 0.357 e. The number of aromatic nitrogens is 1. The third-order valence-electron chi connectivity index (χ3n) is 3.63. The van der Waals surface area contributed by atoms with Crippen LogP contribution >= 0.6 is 24.0 Å². The molecule has 0 aliphatic carbocycles. The molecule has 1 unspecified atom stereocenters. The first-order valence-electron chi connectivity index (χ1n) is 7.91. The SMILES string of the molecule is CCNC(=NCc1ncccc1C)NC(C)c1ccc(F)cc1F.I. The van der Waals surface area contributed by atoms with E-state index in [0.29, 0.717) is 24.6 Å². The van der Waals surface area contributed by atoms with Crippen molar-refractivity contribution in [3.8, 4) is 0 Å². The number of rotatable bonds is 5. The molecule has 0 amide bonds. The van der Waals surface area contributed by atoms with Gasteiger partial charge in [-0.2, -0.15) is 0 Å². The van der Waals surface area contributed by atoms with Crippen molar-refractivity contribution >= 4 is 29.9 Å². The van der Waals surface area contributed by atoms with E-state index >= 15 is 0 Å². The second-order valence-corrected chi connectivity index (χ2v) is 5.49. The molecule has 4 nitrogen and oxygen atoms in total. The number of aryl methyl sites for hydroxylation is 1. The predicted molar refractivity (Wildman–Crippen MR) is 107 cm³/mol. The monoisotopic (exact) mass is 460 g/mol. The van der Waals surface area contributed by atoms with Gasteiger partial charge in [0.1, 0.15) is 11.6 Å². The lowest BCUT2D eigenvalue weighted by Crippen LogP contribution is -2.39. The van der Waals surface area contributed by atoms with Crippen molar-refractivity contribution < 1.29 is 8.78 Å². The molecule has 2 rings (SSSR count). The molecule has 0 spiro atoms. The predicted octanol–water partition coefficient (Wildman–Crippen LogP) is 4.10. The van der Waals surface area contributed by atoms with Crippen molar-refractivity contribution in [1.29, 1.82) is 0 Å². The maximum absolute atomic E-state index is 13.9. The van der Waals surface area contributed by atoms with Crippen LogP contribution in [0.5, 0.6) is 0 Å². The molecule has 2 N–H and O–H groups in total. The third-order valence-corrected chi connectivity index (χ3v) is 3.63. The van der Waals surface area contributed by atoms with E-state index in [1.807, 2.05) is 26.0 Å². The van der Waals surface area contributed by atoms with Crippen LogP contribution in [0.2, 0.25) is 0 Å². The summed E-state index contributed by atoms with van der Waals surface area (Å²) in [4.78, 5) is 8.80. The number of aliphatic imine (C=N–C) groups is 1. The fourth-order valence-corrected chi connectivity index (χ4v) is 2.29. The first kappa shape index (κ1) is 21.3. The van der Waals surface area contributed by atoms with Crippen molar-refractivity contribution in [2.45, 2.75) is 33.4 Å². The minimum Gasteiger partial charge on any atom is -0.357 e. The summed E-state index contributed by atoms with van der Waals surface area (Å²) in [5, 5.41) is 6.25. The molecule has 136 valence electrons. The third kappa shape index (κ3) is 6.22. The average molecular weight is 460 g/mol. The number of benzene rings is 1. The van der Waals surface area contributed by atoms with Crippen molar-refractivity contribution in [3.05, 3.63) is 65.0 Å². The van der Waals surface area contributed by atoms with Gasteiger partial charge >= 0.3 is 0 Å². The Bertz CT molecular complexity index is 722. The van der Waals surface area contributed by atoms with E-state index in [2.05, 4.69) is 20.6 Å². The summed E-state index contributed by atoms with van der Waals surface area (Å²) < 4.78 is 26.9. The molecule has 0 saturated carbocycles. The number of guanidine groups is 1. The molecule has 2 aromatic rings. The number of nitrogens with one attached hydrogen (secondary N) is 2. The van der Waals surface area contributed by atoms with Crippen LogP contribution in [-0.2, 0) is 6.54 Å². The van der Waals surface area contributed by atoms with Crippen LogP contribution in [0.15, 0.2) is 41.5 Å². The molecule has 1 atom stereocenters. The highest BCUT2D eigenvalue weighted by molar-refractivity contribution is 14.0. The second kappa shape index (κ2) is 10.3. The lowest BCUT2D eigenvalue weighted by Gasteiger charge is -2.18. The Morgan fingerprint density at radius 2 is 2.04 bits per heavy atom. The molecule has 0 bridgehead atoms. The molecule has 0 fully saturated rings. The van der Waals surface area contributed by atoms with E-state index in [4.69, 9.17) is 0 Å². The van der Waals surface area contributed by atoms with Crippen molar-refractivity contribution in [3.63, 3.8) is 0 Å². The zero-order valence-corrected chi connectivity index (χ0v) is 16.8. The van der Waals surface area contributed by atoms with E-state index in [0.717, 1.165) is 17.3 Å². The summed E-state index contributed by atoms with van der Waals surface area (Å²) >= 11 is 0. The number of nitrogens with zero attached hydrogens (tertiary/aromatic N) is 2. The van der Waals surface area contributed by atoms with Gasteiger partial charge in [0, 0.05) is 24.4 Å². The summed E-state index contributed by atoms with van der Waals surface area (Å²) in [7, 11) is 0. The van der Waals surface area contributed by atoms with E-state index in [-0.39, 0.29) is 30.0 Å². The Balaban J connectivity index is 0.00000312. The number of hydrogen-bond acceptors (Lipinski definition) is 2. The maximum Gasteiger partial charge on any atom is 0.192 e. The van der Waals surface area contributed by atoms with Gasteiger partial charge in [0.05, 0.1) is 18.3 Å². The summed E-state index contributed by atoms with van der Waals surface area (Å²) in [6.07, 6.45) is 1.73. The zero-order chi connectivity index (χ0) is 17.5. The van der Waals surface area contributed by atoms with E-state index in [1.165, 1.54) is 12.1 Å². The Labute approximate surface area is 164 Å². The normalized spacial score (nSPS) is 12.3. The van der Waals surface area contributed by atoms with Gasteiger partial charge < -0.3 is 10.6 Å². The van der Waals surface area contributed by atoms with Crippen LogP contribution in [0.1, 0.15) is 36.7 Å². The highest BCUT2D eigenvalue weighted by Crippen LogP contribution is 2.17. The van der Waals surface area contributed by atoms with Gasteiger partial charge in [-0.25, -0.2) is 13.8 Å². The molecule has 7 heteroatoms. The quantitative estimate of drug-likeness (QED) is 0.402. The van der Waals surface area contributed by atoms with Gasteiger partial charge in [-0.3, -0.25) is 4.98 Å². The molecule has 0 aliphatic rings. The molecular formula is C18H23F2IN4. The standard InChI is InChI=1S/C18H22F2N4.HI/c1-4-21-18(23-11-17-12(2)6-5-9-22-17)24-13(3)15-8-7-14(19)10-16(15)20;/h5-10,13H,4,11H2,1-3H3,(H2,21,23,24);1H. The minimum absolute atomic E-state index is 0. The van der Waals surface area contributed by atoms with Crippen LogP contribution in [0.3, 0.4) is 0 Å². The Morgan fingerprint density at radius 3 is 2.68 bits per heavy atom. The highest BCUT2D eigenvalue weighted by Gasteiger charge is 2.13. The number of halogens is 3. The van der Waals surface area contributed by atoms with E-state index in [9.17, 15) is 8.78 Å². The lowest BCUT2D eigenvalue weighted by molar-refractivity contribution is 0.551.